The minimum Gasteiger partial charge on any atom is -0.370 e. The van der Waals surface area contributed by atoms with Crippen molar-refractivity contribution in [1.82, 2.24) is 10.3 Å². The van der Waals surface area contributed by atoms with E-state index < -0.39 is 0 Å². The van der Waals surface area contributed by atoms with E-state index in [1.165, 1.54) is 11.8 Å². The number of rotatable bonds is 9. The van der Waals surface area contributed by atoms with Gasteiger partial charge in [0.15, 0.2) is 11.1 Å². The molecule has 0 aliphatic rings. The van der Waals surface area contributed by atoms with Crippen LogP contribution in [0.5, 0.6) is 0 Å². The molecule has 0 radical (unpaired) electrons. The second kappa shape index (κ2) is 10.1. The standard InChI is InChI=1S/C14H25N5OS/c1-3-4-8-17-13(15)19-14-18-10-12(21-14)7-5-6-9-16-11(2)20/h10H,3-9H2,1-2H3,(H,16,20)(H3,15,17,18,19). The summed E-state index contributed by atoms with van der Waals surface area (Å²) < 4.78 is 0. The van der Waals surface area contributed by atoms with E-state index in [1.54, 1.807) is 11.3 Å². The molecule has 1 heterocycles. The van der Waals surface area contributed by atoms with E-state index in [4.69, 9.17) is 5.73 Å². The van der Waals surface area contributed by atoms with Crippen LogP contribution in [0.1, 0.15) is 44.4 Å². The number of aromatic nitrogens is 1. The van der Waals surface area contributed by atoms with Crippen molar-refractivity contribution in [2.45, 2.75) is 46.0 Å². The third kappa shape index (κ3) is 8.29. The number of carbonyl (C=O) groups is 1. The van der Waals surface area contributed by atoms with Gasteiger partial charge in [0.1, 0.15) is 0 Å². The zero-order chi connectivity index (χ0) is 15.5. The van der Waals surface area contributed by atoms with Crippen molar-refractivity contribution in [2.75, 3.05) is 18.4 Å². The Bertz CT molecular complexity index is 458. The largest absolute Gasteiger partial charge is 0.370 e. The number of anilines is 1. The lowest BCUT2D eigenvalue weighted by Crippen LogP contribution is -2.22. The van der Waals surface area contributed by atoms with Crippen LogP contribution < -0.4 is 16.4 Å². The highest BCUT2D eigenvalue weighted by molar-refractivity contribution is 7.15. The number of nitrogens with two attached hydrogens (primary N) is 1. The third-order valence-corrected chi connectivity index (χ3v) is 3.78. The molecule has 0 saturated heterocycles. The molecular weight excluding hydrogens is 286 g/mol. The molecule has 1 aromatic heterocycles. The third-order valence-electron chi connectivity index (χ3n) is 2.81. The molecule has 118 valence electrons. The van der Waals surface area contributed by atoms with E-state index >= 15 is 0 Å². The maximum Gasteiger partial charge on any atom is 0.216 e. The Morgan fingerprint density at radius 2 is 2.24 bits per heavy atom. The number of hydrogen-bond acceptors (Lipinski definition) is 4. The van der Waals surface area contributed by atoms with Gasteiger partial charge in [-0.05, 0) is 25.7 Å². The molecule has 6 nitrogen and oxygen atoms in total. The predicted octanol–water partition coefficient (Wildman–Crippen LogP) is 2.13. The number of guanidine groups is 1. The van der Waals surface area contributed by atoms with Gasteiger partial charge in [-0.15, -0.1) is 11.3 Å². The second-order valence-corrected chi connectivity index (χ2v) is 5.93. The summed E-state index contributed by atoms with van der Waals surface area (Å²) >= 11 is 1.59. The van der Waals surface area contributed by atoms with Crippen molar-refractivity contribution in [1.29, 1.82) is 0 Å². The molecule has 1 aromatic rings. The van der Waals surface area contributed by atoms with E-state index in [0.29, 0.717) is 5.96 Å². The Kier molecular flexibility index (Phi) is 8.42. The summed E-state index contributed by atoms with van der Waals surface area (Å²) in [4.78, 5) is 20.5. The van der Waals surface area contributed by atoms with Crippen LogP contribution in [0.15, 0.2) is 11.2 Å². The summed E-state index contributed by atoms with van der Waals surface area (Å²) in [5.74, 6) is 0.451. The van der Waals surface area contributed by atoms with Gasteiger partial charge in [0.25, 0.3) is 0 Å². The highest BCUT2D eigenvalue weighted by atomic mass is 32.1. The van der Waals surface area contributed by atoms with Crippen molar-refractivity contribution in [3.8, 4) is 0 Å². The monoisotopic (exact) mass is 311 g/mol. The van der Waals surface area contributed by atoms with Crippen LogP contribution in [0.2, 0.25) is 0 Å². The van der Waals surface area contributed by atoms with Crippen LogP contribution in [0.3, 0.4) is 0 Å². The Hall–Kier alpha value is -1.63. The first kappa shape index (κ1) is 17.4. The number of carbonyl (C=O) groups excluding carboxylic acids is 1. The molecule has 0 spiro atoms. The van der Waals surface area contributed by atoms with Crippen molar-refractivity contribution < 1.29 is 4.79 Å². The summed E-state index contributed by atoms with van der Waals surface area (Å²) in [5.41, 5.74) is 5.79. The molecule has 7 heteroatoms. The lowest BCUT2D eigenvalue weighted by Gasteiger charge is -2.01. The lowest BCUT2D eigenvalue weighted by atomic mass is 10.2. The molecule has 0 fully saturated rings. The topological polar surface area (TPSA) is 92.4 Å². The summed E-state index contributed by atoms with van der Waals surface area (Å²) in [6, 6.07) is 0. The van der Waals surface area contributed by atoms with Crippen LogP contribution in [0.25, 0.3) is 0 Å². The van der Waals surface area contributed by atoms with Gasteiger partial charge in [0, 0.05) is 31.1 Å². The maximum atomic E-state index is 10.7. The number of nitrogens with one attached hydrogen (secondary N) is 2. The highest BCUT2D eigenvalue weighted by Gasteiger charge is 2.03. The fraction of sp³-hybridized carbons (Fsp3) is 0.643. The molecule has 0 saturated carbocycles. The first-order valence-electron chi connectivity index (χ1n) is 7.38. The van der Waals surface area contributed by atoms with Crippen molar-refractivity contribution in [2.24, 2.45) is 10.7 Å². The zero-order valence-electron chi connectivity index (χ0n) is 12.8. The SMILES string of the molecule is CCCCN=C(N)Nc1ncc(CCCCNC(C)=O)s1. The molecule has 0 aliphatic carbocycles. The molecule has 0 unspecified atom stereocenters. The fourth-order valence-electron chi connectivity index (χ4n) is 1.68. The second-order valence-electron chi connectivity index (χ2n) is 4.82. The molecule has 0 bridgehead atoms. The zero-order valence-corrected chi connectivity index (χ0v) is 13.6. The molecule has 0 atom stereocenters. The molecule has 0 aromatic carbocycles. The average molecular weight is 311 g/mol. The van der Waals surface area contributed by atoms with Gasteiger partial charge in [-0.2, -0.15) is 0 Å². The number of aliphatic imine (C=N–C) groups is 1. The number of aryl methyl sites for hydroxylation is 1. The fourth-order valence-corrected chi connectivity index (χ4v) is 2.54. The number of nitrogens with zero attached hydrogens (tertiary/aromatic N) is 2. The van der Waals surface area contributed by atoms with E-state index in [-0.39, 0.29) is 5.91 Å². The first-order chi connectivity index (χ1) is 10.1. The van der Waals surface area contributed by atoms with Crippen LogP contribution in [0, 0.1) is 0 Å². The van der Waals surface area contributed by atoms with Gasteiger partial charge in [0.05, 0.1) is 0 Å². The summed E-state index contributed by atoms with van der Waals surface area (Å²) in [6.07, 6.45) is 6.98. The van der Waals surface area contributed by atoms with E-state index in [2.05, 4.69) is 27.5 Å². The van der Waals surface area contributed by atoms with E-state index in [0.717, 1.165) is 50.3 Å². The van der Waals surface area contributed by atoms with Crippen LogP contribution in [-0.4, -0.2) is 29.9 Å². The predicted molar refractivity (Wildman–Crippen MR) is 88.8 cm³/mol. The van der Waals surface area contributed by atoms with Gasteiger partial charge >= 0.3 is 0 Å². The highest BCUT2D eigenvalue weighted by Crippen LogP contribution is 2.19. The average Bonchev–Trinajstić information content (AvgIpc) is 2.86. The smallest absolute Gasteiger partial charge is 0.216 e. The lowest BCUT2D eigenvalue weighted by molar-refractivity contribution is -0.118. The van der Waals surface area contributed by atoms with Crippen molar-refractivity contribution in [3.05, 3.63) is 11.1 Å². The molecule has 21 heavy (non-hydrogen) atoms. The summed E-state index contributed by atoms with van der Waals surface area (Å²) in [5, 5.41) is 6.59. The van der Waals surface area contributed by atoms with Gasteiger partial charge in [0.2, 0.25) is 5.91 Å². The van der Waals surface area contributed by atoms with Crippen LogP contribution in [-0.2, 0) is 11.2 Å². The van der Waals surface area contributed by atoms with Crippen molar-refractivity contribution in [3.63, 3.8) is 0 Å². The van der Waals surface area contributed by atoms with Gasteiger partial charge in [-0.1, -0.05) is 13.3 Å². The van der Waals surface area contributed by atoms with Gasteiger partial charge in [-0.3, -0.25) is 9.79 Å². The molecule has 0 aliphatic heterocycles. The first-order valence-corrected chi connectivity index (χ1v) is 8.19. The van der Waals surface area contributed by atoms with E-state index in [1.807, 2.05) is 6.20 Å². The van der Waals surface area contributed by atoms with Crippen LogP contribution >= 0.6 is 11.3 Å². The van der Waals surface area contributed by atoms with E-state index in [9.17, 15) is 4.79 Å². The Labute approximate surface area is 130 Å². The summed E-state index contributed by atoms with van der Waals surface area (Å²) in [7, 11) is 0. The molecule has 1 amide bonds. The van der Waals surface area contributed by atoms with Gasteiger partial charge in [-0.25, -0.2) is 4.98 Å². The Morgan fingerprint density at radius 3 is 2.95 bits per heavy atom. The van der Waals surface area contributed by atoms with Gasteiger partial charge < -0.3 is 16.4 Å². The number of hydrogen-bond donors (Lipinski definition) is 3. The van der Waals surface area contributed by atoms with Crippen molar-refractivity contribution >= 4 is 28.3 Å². The molecular formula is C14H25N5OS. The quantitative estimate of drug-likeness (QED) is 0.370. The summed E-state index contributed by atoms with van der Waals surface area (Å²) in [6.45, 7) is 5.14. The Balaban J connectivity index is 2.26. The molecule has 4 N–H and O–H groups in total. The van der Waals surface area contributed by atoms with Crippen LogP contribution in [0.4, 0.5) is 5.13 Å². The number of thiazole rings is 1. The normalized spacial score (nSPS) is 11.4. The molecule has 1 rings (SSSR count). The maximum absolute atomic E-state index is 10.7. The number of unbranched alkanes of at least 4 members (excludes halogenated alkanes) is 2. The minimum atomic E-state index is 0.0251. The minimum absolute atomic E-state index is 0.0251. The number of amides is 1. The Morgan fingerprint density at radius 1 is 1.43 bits per heavy atom.